The Labute approximate surface area is 65.8 Å². The average molecular weight is 154 g/mol. The van der Waals surface area contributed by atoms with Crippen LogP contribution >= 0.6 is 0 Å². The van der Waals surface area contributed by atoms with Gasteiger partial charge in [0.15, 0.2) is 0 Å². The lowest BCUT2D eigenvalue weighted by molar-refractivity contribution is -0.129. The van der Waals surface area contributed by atoms with Gasteiger partial charge < -0.3 is 4.90 Å². The molecule has 4 heteroatoms. The molecule has 0 saturated carbocycles. The second kappa shape index (κ2) is 3.91. The summed E-state index contributed by atoms with van der Waals surface area (Å²) >= 11 is 0. The molecule has 0 radical (unpaired) electrons. The van der Waals surface area contributed by atoms with E-state index in [0.29, 0.717) is 0 Å². The zero-order valence-corrected chi connectivity index (χ0v) is 6.49. The van der Waals surface area contributed by atoms with Gasteiger partial charge in [-0.15, -0.1) is 0 Å². The number of hydrogen-bond donors (Lipinski definition) is 0. The van der Waals surface area contributed by atoms with Crippen molar-refractivity contribution in [3.63, 3.8) is 0 Å². The molecule has 0 aromatic carbocycles. The molecule has 11 heavy (non-hydrogen) atoms. The minimum atomic E-state index is -0.0833. The second-order valence-corrected chi connectivity index (χ2v) is 2.74. The van der Waals surface area contributed by atoms with Gasteiger partial charge in [-0.1, -0.05) is 0 Å². The van der Waals surface area contributed by atoms with Crippen LogP contribution in [0.3, 0.4) is 0 Å². The highest BCUT2D eigenvalue weighted by Gasteiger charge is 2.20. The van der Waals surface area contributed by atoms with Gasteiger partial charge >= 0.3 is 12.5 Å². The molecule has 1 saturated heterocycles. The van der Waals surface area contributed by atoms with Crippen molar-refractivity contribution in [1.82, 2.24) is 4.90 Å². The van der Waals surface area contributed by atoms with Crippen molar-refractivity contribution < 1.29 is 4.79 Å². The quantitative estimate of drug-likeness (QED) is 0.526. The molecular formula is C7H12N3O+. The number of rotatable bonds is 1. The molecule has 1 rings (SSSR count). The Kier molecular flexibility index (Phi) is 2.84. The van der Waals surface area contributed by atoms with Crippen LogP contribution in [0.2, 0.25) is 0 Å². The lowest BCUT2D eigenvalue weighted by atomic mass is 10.1. The van der Waals surface area contributed by atoms with Crippen LogP contribution in [0.4, 0.5) is 0 Å². The molecule has 1 aliphatic heterocycles. The molecule has 1 amide bonds. The summed E-state index contributed by atoms with van der Waals surface area (Å²) in [5, 5.41) is 8.14. The van der Waals surface area contributed by atoms with E-state index < -0.39 is 0 Å². The van der Waals surface area contributed by atoms with Crippen molar-refractivity contribution in [3.05, 3.63) is 4.98 Å². The van der Waals surface area contributed by atoms with Crippen LogP contribution in [-0.2, 0) is 4.79 Å². The van der Waals surface area contributed by atoms with E-state index in [1.165, 1.54) is 6.42 Å². The van der Waals surface area contributed by atoms with Crippen molar-refractivity contribution in [3.8, 4) is 0 Å². The van der Waals surface area contributed by atoms with Gasteiger partial charge in [-0.2, -0.15) is 0 Å². The summed E-state index contributed by atoms with van der Waals surface area (Å²) in [5.74, 6) is -0.0628. The van der Waals surface area contributed by atoms with Crippen molar-refractivity contribution in [2.24, 2.45) is 0 Å². The van der Waals surface area contributed by atoms with E-state index in [-0.39, 0.29) is 12.5 Å². The number of diazo groups is 1. The van der Waals surface area contributed by atoms with Crippen LogP contribution in [0.1, 0.15) is 19.3 Å². The van der Waals surface area contributed by atoms with Gasteiger partial charge in [0.1, 0.15) is 4.98 Å². The molecule has 1 heterocycles. The van der Waals surface area contributed by atoms with Gasteiger partial charge in [0.2, 0.25) is 5.39 Å². The number of carbonyl (C=O) groups excluding carboxylic acids is 1. The van der Waals surface area contributed by atoms with Crippen molar-refractivity contribution in [2.45, 2.75) is 19.3 Å². The largest absolute Gasteiger partial charge is 0.382 e. The topological polar surface area (TPSA) is 48.5 Å². The van der Waals surface area contributed by atoms with Gasteiger partial charge in [-0.3, -0.25) is 4.79 Å². The molecule has 0 aromatic heterocycles. The zero-order valence-electron chi connectivity index (χ0n) is 6.49. The first-order valence-electron chi connectivity index (χ1n) is 3.93. The van der Waals surface area contributed by atoms with Gasteiger partial charge in [0.25, 0.3) is 0 Å². The second-order valence-electron chi connectivity index (χ2n) is 2.74. The number of nitrogens with zero attached hydrogens (tertiary/aromatic N) is 3. The van der Waals surface area contributed by atoms with Crippen LogP contribution in [0.25, 0.3) is 4.98 Å². The molecule has 4 nitrogen and oxygen atoms in total. The maximum atomic E-state index is 11.1. The summed E-state index contributed by atoms with van der Waals surface area (Å²) in [6.07, 6.45) is 3.37. The van der Waals surface area contributed by atoms with Gasteiger partial charge in [0, 0.05) is 13.1 Å². The summed E-state index contributed by atoms with van der Waals surface area (Å²) in [7, 11) is 0. The number of piperidine rings is 1. The Hall–Kier alpha value is -1.11. The fraction of sp³-hybridized carbons (Fsp3) is 0.857. The smallest absolute Gasteiger partial charge is 0.336 e. The lowest BCUT2D eigenvalue weighted by Crippen LogP contribution is -2.36. The van der Waals surface area contributed by atoms with Gasteiger partial charge in [0.05, 0.1) is 0 Å². The Bertz CT molecular complexity index is 179. The molecule has 0 aliphatic carbocycles. The van der Waals surface area contributed by atoms with Gasteiger partial charge in [-0.05, 0) is 19.3 Å². The predicted octanol–water partition coefficient (Wildman–Crippen LogP) is 0.852. The van der Waals surface area contributed by atoms with Crippen LogP contribution in [0, 0.1) is 5.39 Å². The van der Waals surface area contributed by atoms with Crippen LogP contribution in [-0.4, -0.2) is 30.4 Å². The van der Waals surface area contributed by atoms with Crippen LogP contribution in [0.15, 0.2) is 0 Å². The maximum Gasteiger partial charge on any atom is 0.382 e. The Balaban J connectivity index is 2.34. The number of carbonyl (C=O) groups is 1. The Morgan fingerprint density at radius 3 is 2.55 bits per heavy atom. The third-order valence-corrected chi connectivity index (χ3v) is 1.91. The predicted molar refractivity (Wildman–Crippen MR) is 40.4 cm³/mol. The maximum absolute atomic E-state index is 11.1. The molecule has 0 N–H and O–H groups in total. The SMILES string of the molecule is N#[N+]CC(=O)N1CCCCC1. The molecule has 0 bridgehead atoms. The van der Waals surface area contributed by atoms with E-state index in [2.05, 4.69) is 4.98 Å². The Morgan fingerprint density at radius 2 is 2.00 bits per heavy atom. The average Bonchev–Trinajstić information content (AvgIpc) is 2.07. The summed E-state index contributed by atoms with van der Waals surface area (Å²) in [6, 6.07) is 0. The fourth-order valence-electron chi connectivity index (χ4n) is 1.30. The highest BCUT2D eigenvalue weighted by Crippen LogP contribution is 2.08. The molecule has 0 aromatic rings. The summed E-state index contributed by atoms with van der Waals surface area (Å²) < 4.78 is 0. The monoisotopic (exact) mass is 154 g/mol. The third-order valence-electron chi connectivity index (χ3n) is 1.91. The van der Waals surface area contributed by atoms with E-state index in [1.54, 1.807) is 4.90 Å². The minimum Gasteiger partial charge on any atom is -0.336 e. The standard InChI is InChI=1S/C7H12N3O/c8-9-6-7(11)10-4-2-1-3-5-10/h1-6H2/q+1. The zero-order chi connectivity index (χ0) is 8.10. The first kappa shape index (κ1) is 7.99. The summed E-state index contributed by atoms with van der Waals surface area (Å²) in [6.45, 7) is 1.57. The van der Waals surface area contributed by atoms with Crippen molar-refractivity contribution in [2.75, 3.05) is 19.6 Å². The Morgan fingerprint density at radius 1 is 1.36 bits per heavy atom. The molecular weight excluding hydrogens is 142 g/mol. The van der Waals surface area contributed by atoms with E-state index in [9.17, 15) is 4.79 Å². The molecule has 0 unspecified atom stereocenters. The number of hydrogen-bond acceptors (Lipinski definition) is 2. The third kappa shape index (κ3) is 2.19. The minimum absolute atomic E-state index is 0.0628. The fourth-order valence-corrected chi connectivity index (χ4v) is 1.30. The van der Waals surface area contributed by atoms with E-state index in [4.69, 9.17) is 5.39 Å². The molecule has 0 atom stereocenters. The highest BCUT2D eigenvalue weighted by atomic mass is 16.2. The van der Waals surface area contributed by atoms with Crippen LogP contribution in [0.5, 0.6) is 0 Å². The molecule has 1 fully saturated rings. The molecule has 1 aliphatic rings. The van der Waals surface area contributed by atoms with Crippen molar-refractivity contribution in [1.29, 1.82) is 5.39 Å². The highest BCUT2D eigenvalue weighted by molar-refractivity contribution is 5.79. The van der Waals surface area contributed by atoms with E-state index >= 15 is 0 Å². The normalized spacial score (nSPS) is 17.5. The summed E-state index contributed by atoms with van der Waals surface area (Å²) in [5.41, 5.74) is 0. The van der Waals surface area contributed by atoms with Crippen LogP contribution < -0.4 is 0 Å². The molecule has 60 valence electrons. The van der Waals surface area contributed by atoms with Crippen molar-refractivity contribution >= 4 is 5.91 Å². The van der Waals surface area contributed by atoms with E-state index in [1.807, 2.05) is 0 Å². The summed E-state index contributed by atoms with van der Waals surface area (Å²) in [4.78, 5) is 15.6. The lowest BCUT2D eigenvalue weighted by Gasteiger charge is -2.23. The first-order valence-corrected chi connectivity index (χ1v) is 3.93. The van der Waals surface area contributed by atoms with Gasteiger partial charge in [-0.25, -0.2) is 0 Å². The number of likely N-dealkylation sites (tertiary alicyclic amines) is 1. The number of amides is 1. The first-order chi connectivity index (χ1) is 5.34. The molecule has 0 spiro atoms. The van der Waals surface area contributed by atoms with E-state index in [0.717, 1.165) is 25.9 Å².